The molecule has 1 aromatic heterocycles. The number of aryl methyl sites for hydroxylation is 1. The Morgan fingerprint density at radius 2 is 2.09 bits per heavy atom. The van der Waals surface area contributed by atoms with E-state index in [2.05, 4.69) is 10.6 Å². The maximum Gasteiger partial charge on any atom is 0.224 e. The minimum Gasteiger partial charge on any atom is -0.332 e. The molecule has 2 atom stereocenters. The molecule has 2 aromatic rings. The first-order chi connectivity index (χ1) is 10.1. The Morgan fingerprint density at radius 3 is 2.74 bits per heavy atom. The number of fused-ring (bicyclic) bond motifs is 1. The van der Waals surface area contributed by atoms with Crippen LogP contribution in [-0.4, -0.2) is 32.9 Å². The number of likely N-dealkylation sites (tertiary alicyclic amines) is 1. The number of rotatable bonds is 3. The maximum atomic E-state index is 12.4. The van der Waals surface area contributed by atoms with Gasteiger partial charge in [0.15, 0.2) is 0 Å². The van der Waals surface area contributed by atoms with E-state index in [-0.39, 0.29) is 42.8 Å². The molecule has 0 radical (unpaired) electrons. The van der Waals surface area contributed by atoms with Crippen LogP contribution in [0.3, 0.4) is 0 Å². The van der Waals surface area contributed by atoms with E-state index in [4.69, 9.17) is 10.7 Å². The molecule has 128 valence electrons. The molecule has 2 heterocycles. The molecule has 3 rings (SSSR count). The molecule has 7 heteroatoms. The summed E-state index contributed by atoms with van der Waals surface area (Å²) in [6.45, 7) is 2.68. The standard InChI is InChI=1S/C16H22N4O.2ClH/c1-11(17)10-15(21)20-9-5-8-14(20)16-18-12-6-3-4-7-13(12)19(16)2;;/h3-4,6-7,11,14H,5,8-10,17H2,1-2H3;2*1H. The van der Waals surface area contributed by atoms with E-state index >= 15 is 0 Å². The number of benzene rings is 1. The number of carbonyl (C=O) groups excluding carboxylic acids is 1. The van der Waals surface area contributed by atoms with E-state index < -0.39 is 0 Å². The van der Waals surface area contributed by atoms with Gasteiger partial charge in [-0.05, 0) is 31.9 Å². The average molecular weight is 359 g/mol. The summed E-state index contributed by atoms with van der Waals surface area (Å²) in [7, 11) is 2.02. The van der Waals surface area contributed by atoms with Gasteiger partial charge in [0.25, 0.3) is 0 Å². The number of aromatic nitrogens is 2. The van der Waals surface area contributed by atoms with E-state index in [1.807, 2.05) is 37.1 Å². The zero-order valence-electron chi connectivity index (χ0n) is 13.4. The monoisotopic (exact) mass is 358 g/mol. The highest BCUT2D eigenvalue weighted by Gasteiger charge is 2.33. The summed E-state index contributed by atoms with van der Waals surface area (Å²) >= 11 is 0. The van der Waals surface area contributed by atoms with Crippen LogP contribution >= 0.6 is 24.8 Å². The van der Waals surface area contributed by atoms with Gasteiger partial charge in [-0.15, -0.1) is 24.8 Å². The number of hydrogen-bond donors (Lipinski definition) is 1. The third-order valence-corrected chi connectivity index (χ3v) is 4.19. The van der Waals surface area contributed by atoms with Crippen LogP contribution in [0.2, 0.25) is 0 Å². The molecule has 1 aliphatic heterocycles. The third kappa shape index (κ3) is 3.79. The van der Waals surface area contributed by atoms with Gasteiger partial charge in [0.05, 0.1) is 17.1 Å². The minimum absolute atomic E-state index is 0. The van der Waals surface area contributed by atoms with E-state index in [1.54, 1.807) is 0 Å². The molecule has 1 aliphatic rings. The van der Waals surface area contributed by atoms with Crippen molar-refractivity contribution in [3.8, 4) is 0 Å². The lowest BCUT2D eigenvalue weighted by Gasteiger charge is -2.25. The van der Waals surface area contributed by atoms with Crippen molar-refractivity contribution in [3.05, 3.63) is 30.1 Å². The van der Waals surface area contributed by atoms with Crippen molar-refractivity contribution in [2.45, 2.75) is 38.3 Å². The van der Waals surface area contributed by atoms with Gasteiger partial charge in [-0.3, -0.25) is 4.79 Å². The van der Waals surface area contributed by atoms with Crippen molar-refractivity contribution in [1.82, 2.24) is 14.5 Å². The van der Waals surface area contributed by atoms with E-state index in [0.29, 0.717) is 6.42 Å². The van der Waals surface area contributed by atoms with Crippen molar-refractivity contribution in [3.63, 3.8) is 0 Å². The molecule has 0 saturated carbocycles. The van der Waals surface area contributed by atoms with Crippen LogP contribution in [0.25, 0.3) is 11.0 Å². The van der Waals surface area contributed by atoms with E-state index in [0.717, 1.165) is 36.2 Å². The summed E-state index contributed by atoms with van der Waals surface area (Å²) in [5.41, 5.74) is 7.87. The number of halogens is 2. The van der Waals surface area contributed by atoms with Crippen molar-refractivity contribution >= 4 is 41.8 Å². The van der Waals surface area contributed by atoms with Crippen molar-refractivity contribution in [2.75, 3.05) is 6.54 Å². The minimum atomic E-state index is -0.0980. The van der Waals surface area contributed by atoms with Gasteiger partial charge < -0.3 is 15.2 Å². The Labute approximate surface area is 149 Å². The van der Waals surface area contributed by atoms with Crippen LogP contribution in [0.5, 0.6) is 0 Å². The molecule has 23 heavy (non-hydrogen) atoms. The van der Waals surface area contributed by atoms with Gasteiger partial charge in [0.2, 0.25) is 5.91 Å². The number of nitrogens with zero attached hydrogens (tertiary/aromatic N) is 3. The zero-order chi connectivity index (χ0) is 15.0. The Hall–Kier alpha value is -1.30. The molecule has 5 nitrogen and oxygen atoms in total. The average Bonchev–Trinajstić information content (AvgIpc) is 3.03. The highest BCUT2D eigenvalue weighted by Crippen LogP contribution is 2.33. The van der Waals surface area contributed by atoms with Gasteiger partial charge >= 0.3 is 0 Å². The lowest BCUT2D eigenvalue weighted by Crippen LogP contribution is -2.35. The first-order valence-electron chi connectivity index (χ1n) is 7.54. The first-order valence-corrected chi connectivity index (χ1v) is 7.54. The summed E-state index contributed by atoms with van der Waals surface area (Å²) in [4.78, 5) is 19.1. The number of para-hydroxylation sites is 2. The van der Waals surface area contributed by atoms with Crippen molar-refractivity contribution < 1.29 is 4.79 Å². The molecule has 1 amide bonds. The van der Waals surface area contributed by atoms with Crippen LogP contribution in [0, 0.1) is 0 Å². The Balaban J connectivity index is 0.00000132. The fourth-order valence-electron chi connectivity index (χ4n) is 3.19. The van der Waals surface area contributed by atoms with Crippen LogP contribution < -0.4 is 5.73 Å². The van der Waals surface area contributed by atoms with Crippen LogP contribution in [-0.2, 0) is 11.8 Å². The van der Waals surface area contributed by atoms with Gasteiger partial charge in [0, 0.05) is 26.1 Å². The molecule has 1 aromatic carbocycles. The summed E-state index contributed by atoms with van der Waals surface area (Å²) < 4.78 is 2.11. The molecule has 0 spiro atoms. The highest BCUT2D eigenvalue weighted by molar-refractivity contribution is 5.85. The predicted octanol–water partition coefficient (Wildman–Crippen LogP) is 2.82. The smallest absolute Gasteiger partial charge is 0.224 e. The van der Waals surface area contributed by atoms with E-state index in [1.165, 1.54) is 0 Å². The van der Waals surface area contributed by atoms with Gasteiger partial charge in [0.1, 0.15) is 5.82 Å². The summed E-state index contributed by atoms with van der Waals surface area (Å²) in [6.07, 6.45) is 2.40. The second-order valence-electron chi connectivity index (χ2n) is 5.94. The molecular formula is C16H24Cl2N4O. The molecular weight excluding hydrogens is 335 g/mol. The Kier molecular flexibility index (Phi) is 6.86. The lowest BCUT2D eigenvalue weighted by molar-refractivity contribution is -0.132. The highest BCUT2D eigenvalue weighted by atomic mass is 35.5. The number of carbonyl (C=O) groups is 1. The van der Waals surface area contributed by atoms with E-state index in [9.17, 15) is 4.79 Å². The molecule has 2 N–H and O–H groups in total. The number of nitrogens with two attached hydrogens (primary N) is 1. The third-order valence-electron chi connectivity index (χ3n) is 4.19. The Bertz CT molecular complexity index is 671. The summed E-state index contributed by atoms with van der Waals surface area (Å²) in [6, 6.07) is 8.07. The molecule has 0 aliphatic carbocycles. The lowest BCUT2D eigenvalue weighted by atomic mass is 10.2. The van der Waals surface area contributed by atoms with Gasteiger partial charge in [-0.2, -0.15) is 0 Å². The van der Waals surface area contributed by atoms with Crippen molar-refractivity contribution in [1.29, 1.82) is 0 Å². The molecule has 2 unspecified atom stereocenters. The quantitative estimate of drug-likeness (QED) is 0.917. The molecule has 1 saturated heterocycles. The first kappa shape index (κ1) is 19.7. The van der Waals surface area contributed by atoms with Crippen LogP contribution in [0.1, 0.15) is 38.1 Å². The SMILES string of the molecule is CC(N)CC(=O)N1CCCC1c1nc2ccccc2n1C.Cl.Cl. The Morgan fingerprint density at radius 1 is 1.39 bits per heavy atom. The van der Waals surface area contributed by atoms with Gasteiger partial charge in [-0.25, -0.2) is 4.98 Å². The second-order valence-corrected chi connectivity index (χ2v) is 5.94. The number of amides is 1. The van der Waals surface area contributed by atoms with Crippen LogP contribution in [0.4, 0.5) is 0 Å². The van der Waals surface area contributed by atoms with Crippen LogP contribution in [0.15, 0.2) is 24.3 Å². The maximum absolute atomic E-state index is 12.4. The fraction of sp³-hybridized carbons (Fsp3) is 0.500. The predicted molar refractivity (Wildman–Crippen MR) is 97.2 cm³/mol. The second kappa shape index (κ2) is 7.99. The normalized spacial score (nSPS) is 18.4. The summed E-state index contributed by atoms with van der Waals surface area (Å²) in [5.74, 6) is 1.12. The largest absolute Gasteiger partial charge is 0.332 e. The fourth-order valence-corrected chi connectivity index (χ4v) is 3.19. The molecule has 1 fully saturated rings. The number of hydrogen-bond acceptors (Lipinski definition) is 3. The topological polar surface area (TPSA) is 64.2 Å². The zero-order valence-corrected chi connectivity index (χ0v) is 15.1. The van der Waals surface area contributed by atoms with Crippen molar-refractivity contribution in [2.24, 2.45) is 12.8 Å². The number of imidazole rings is 1. The molecule has 0 bridgehead atoms. The van der Waals surface area contributed by atoms with Gasteiger partial charge in [-0.1, -0.05) is 12.1 Å². The summed E-state index contributed by atoms with van der Waals surface area (Å²) in [5, 5.41) is 0.